The minimum atomic E-state index is -0.975. The second-order valence-corrected chi connectivity index (χ2v) is 7.03. The maximum absolute atomic E-state index is 14.5. The number of hydrogen-bond donors (Lipinski definition) is 0. The lowest BCUT2D eigenvalue weighted by Crippen LogP contribution is -2.40. The van der Waals surface area contributed by atoms with Crippen LogP contribution in [0, 0.1) is 23.4 Å². The van der Waals surface area contributed by atoms with Crippen LogP contribution in [0.2, 0.25) is 5.02 Å². The van der Waals surface area contributed by atoms with Crippen molar-refractivity contribution in [3.8, 4) is 11.1 Å². The Labute approximate surface area is 162 Å². The number of carbonyl (C=O) groups is 1. The molecule has 0 aliphatic rings. The van der Waals surface area contributed by atoms with E-state index in [1.54, 1.807) is 19.2 Å². The average molecular weight is 412 g/mol. The van der Waals surface area contributed by atoms with E-state index in [0.717, 1.165) is 16.7 Å². The molecule has 0 bridgehead atoms. The van der Waals surface area contributed by atoms with Gasteiger partial charge in [-0.25, -0.2) is 18.5 Å². The molecular formula is C17H15ClFN3O4S. The molecule has 27 heavy (non-hydrogen) atoms. The molecule has 1 aromatic heterocycles. The number of rotatable bonds is 4. The zero-order valence-electron chi connectivity index (χ0n) is 14.9. The lowest BCUT2D eigenvalue weighted by atomic mass is 10.2. The van der Waals surface area contributed by atoms with Gasteiger partial charge in [-0.1, -0.05) is 11.6 Å². The minimum absolute atomic E-state index is 0.0275. The first-order valence-electron chi connectivity index (χ1n) is 7.69. The van der Waals surface area contributed by atoms with Gasteiger partial charge in [-0.2, -0.15) is 5.26 Å². The van der Waals surface area contributed by atoms with Crippen molar-refractivity contribution in [2.75, 3.05) is 0 Å². The van der Waals surface area contributed by atoms with Crippen LogP contribution in [0.3, 0.4) is 0 Å². The fraction of sp³-hybridized carbons (Fsp3) is 0.294. The van der Waals surface area contributed by atoms with E-state index < -0.39 is 34.8 Å². The summed E-state index contributed by atoms with van der Waals surface area (Å²) in [5.74, 6) is -1.79. The highest BCUT2D eigenvalue weighted by molar-refractivity contribution is 8.03. The van der Waals surface area contributed by atoms with Crippen molar-refractivity contribution in [3.63, 3.8) is 0 Å². The fourth-order valence-electron chi connectivity index (χ4n) is 2.31. The van der Waals surface area contributed by atoms with Crippen LogP contribution in [0.5, 0.6) is 0 Å². The summed E-state index contributed by atoms with van der Waals surface area (Å²) < 4.78 is 21.3. The van der Waals surface area contributed by atoms with Crippen LogP contribution < -0.4 is 11.2 Å². The quantitative estimate of drug-likeness (QED) is 0.436. The van der Waals surface area contributed by atoms with Crippen LogP contribution in [0.4, 0.5) is 4.39 Å². The van der Waals surface area contributed by atoms with E-state index in [1.165, 1.54) is 14.0 Å². The number of halogens is 2. The van der Waals surface area contributed by atoms with E-state index in [4.69, 9.17) is 21.6 Å². The summed E-state index contributed by atoms with van der Waals surface area (Å²) in [7, 11) is 1.39. The minimum Gasteiger partial charge on any atom is -0.459 e. The van der Waals surface area contributed by atoms with Crippen LogP contribution >= 0.6 is 23.4 Å². The summed E-state index contributed by atoms with van der Waals surface area (Å²) >= 11 is 6.49. The Morgan fingerprint density at radius 1 is 1.37 bits per heavy atom. The third kappa shape index (κ3) is 3.91. The Balaban J connectivity index is 2.84. The van der Waals surface area contributed by atoms with Crippen LogP contribution in [-0.2, 0) is 11.8 Å². The third-order valence-electron chi connectivity index (χ3n) is 3.70. The molecule has 1 aromatic carbocycles. The molecule has 0 saturated heterocycles. The first-order chi connectivity index (χ1) is 12.6. The van der Waals surface area contributed by atoms with E-state index in [0.29, 0.717) is 16.3 Å². The zero-order valence-corrected chi connectivity index (χ0v) is 16.4. The number of thiocyanates is 1. The molecule has 0 unspecified atom stereocenters. The monoisotopic (exact) mass is 411 g/mol. The molecule has 142 valence electrons. The number of thioether (sulfide) groups is 1. The summed E-state index contributed by atoms with van der Waals surface area (Å²) in [5, 5.41) is 10.5. The number of nitrogens with zero attached hydrogens (tertiary/aromatic N) is 3. The van der Waals surface area contributed by atoms with Crippen molar-refractivity contribution in [1.82, 2.24) is 9.13 Å². The summed E-state index contributed by atoms with van der Waals surface area (Å²) in [6, 6.07) is 1.82. The molecule has 7 nitrogen and oxygen atoms in total. The topological polar surface area (TPSA) is 94.1 Å². The molecule has 0 saturated carbocycles. The normalized spacial score (nSPS) is 10.7. The average Bonchev–Trinajstić information content (AvgIpc) is 2.58. The van der Waals surface area contributed by atoms with Gasteiger partial charge in [0.2, 0.25) is 0 Å². The highest BCUT2D eigenvalue weighted by Crippen LogP contribution is 2.24. The van der Waals surface area contributed by atoms with Gasteiger partial charge >= 0.3 is 11.7 Å². The number of aromatic nitrogens is 2. The van der Waals surface area contributed by atoms with E-state index in [-0.39, 0.29) is 21.2 Å². The molecule has 2 rings (SSSR count). The van der Waals surface area contributed by atoms with Crippen molar-refractivity contribution in [1.29, 1.82) is 5.26 Å². The molecule has 2 aromatic rings. The molecular weight excluding hydrogens is 397 g/mol. The predicted octanol–water partition coefficient (Wildman–Crippen LogP) is 2.78. The molecule has 0 radical (unpaired) electrons. The second-order valence-electron chi connectivity index (χ2n) is 5.83. The van der Waals surface area contributed by atoms with Gasteiger partial charge < -0.3 is 4.74 Å². The van der Waals surface area contributed by atoms with Crippen molar-refractivity contribution in [2.45, 2.75) is 31.8 Å². The standard InChI is InChI=1S/C17H15ClFN3O4S/c1-8(2)26-16(24)10-5-13(12(19)6-11(10)18)22-15(23)14(27-7-20)9(3)21(4)17(22)25/h5-6,8H,1-4H3. The van der Waals surface area contributed by atoms with Crippen LogP contribution in [-0.4, -0.2) is 21.2 Å². The Morgan fingerprint density at radius 2 is 2.00 bits per heavy atom. The summed E-state index contributed by atoms with van der Waals surface area (Å²) in [5.41, 5.74) is -2.08. The van der Waals surface area contributed by atoms with Gasteiger partial charge in [0.05, 0.1) is 22.4 Å². The number of ether oxygens (including phenoxy) is 1. The lowest BCUT2D eigenvalue weighted by Gasteiger charge is -2.15. The molecule has 0 N–H and O–H groups in total. The molecule has 0 amide bonds. The van der Waals surface area contributed by atoms with Gasteiger partial charge in [0.15, 0.2) is 0 Å². The van der Waals surface area contributed by atoms with Gasteiger partial charge in [0.1, 0.15) is 16.1 Å². The smallest absolute Gasteiger partial charge is 0.339 e. The Hall–Kier alpha value is -2.57. The Kier molecular flexibility index (Phi) is 6.13. The van der Waals surface area contributed by atoms with E-state index >= 15 is 0 Å². The van der Waals surface area contributed by atoms with Gasteiger partial charge in [-0.15, -0.1) is 0 Å². The third-order valence-corrected chi connectivity index (χ3v) is 4.77. The molecule has 1 heterocycles. The Bertz CT molecular complexity index is 1090. The van der Waals surface area contributed by atoms with Gasteiger partial charge in [0, 0.05) is 12.7 Å². The number of benzene rings is 1. The Morgan fingerprint density at radius 3 is 2.56 bits per heavy atom. The number of hydrogen-bond acceptors (Lipinski definition) is 6. The van der Waals surface area contributed by atoms with Crippen LogP contribution in [0.15, 0.2) is 26.6 Å². The largest absolute Gasteiger partial charge is 0.459 e. The lowest BCUT2D eigenvalue weighted by molar-refractivity contribution is 0.0378. The molecule has 0 aliphatic carbocycles. The first-order valence-corrected chi connectivity index (χ1v) is 8.88. The number of esters is 1. The van der Waals surface area contributed by atoms with Crippen molar-refractivity contribution >= 4 is 29.3 Å². The predicted molar refractivity (Wildman–Crippen MR) is 99.0 cm³/mol. The summed E-state index contributed by atoms with van der Waals surface area (Å²) in [4.78, 5) is 37.4. The highest BCUT2D eigenvalue weighted by atomic mass is 35.5. The van der Waals surface area contributed by atoms with Crippen LogP contribution in [0.1, 0.15) is 29.9 Å². The molecule has 0 aliphatic heterocycles. The number of carbonyl (C=O) groups excluding carboxylic acids is 1. The highest BCUT2D eigenvalue weighted by Gasteiger charge is 2.22. The maximum atomic E-state index is 14.5. The maximum Gasteiger partial charge on any atom is 0.339 e. The summed E-state index contributed by atoms with van der Waals surface area (Å²) in [6.45, 7) is 4.75. The first kappa shape index (κ1) is 20.7. The van der Waals surface area contributed by atoms with Crippen molar-refractivity contribution in [3.05, 3.63) is 55.1 Å². The SMILES string of the molecule is Cc1c(SC#N)c(=O)n(-c2cc(C(=O)OC(C)C)c(Cl)cc2F)c(=O)n1C. The number of nitriles is 1. The van der Waals surface area contributed by atoms with Gasteiger partial charge in [0.25, 0.3) is 5.56 Å². The zero-order chi connectivity index (χ0) is 20.5. The molecule has 0 atom stereocenters. The summed E-state index contributed by atoms with van der Waals surface area (Å²) in [6.07, 6.45) is -0.448. The fourth-order valence-corrected chi connectivity index (χ4v) is 3.09. The molecule has 0 spiro atoms. The van der Waals surface area contributed by atoms with E-state index in [1.807, 2.05) is 0 Å². The second kappa shape index (κ2) is 7.98. The van der Waals surface area contributed by atoms with Gasteiger partial charge in [-0.05, 0) is 44.7 Å². The molecule has 0 fully saturated rings. The van der Waals surface area contributed by atoms with Crippen molar-refractivity contribution in [2.24, 2.45) is 7.05 Å². The van der Waals surface area contributed by atoms with E-state index in [9.17, 15) is 18.8 Å². The van der Waals surface area contributed by atoms with E-state index in [2.05, 4.69) is 0 Å². The van der Waals surface area contributed by atoms with Crippen molar-refractivity contribution < 1.29 is 13.9 Å². The van der Waals surface area contributed by atoms with Gasteiger partial charge in [-0.3, -0.25) is 9.36 Å². The molecule has 10 heteroatoms. The van der Waals surface area contributed by atoms with Crippen LogP contribution in [0.25, 0.3) is 5.69 Å².